The Bertz CT molecular complexity index is 1230. The predicted molar refractivity (Wildman–Crippen MR) is 119 cm³/mol. The molecule has 0 saturated carbocycles. The molecule has 0 saturated heterocycles. The van der Waals surface area contributed by atoms with E-state index in [-0.39, 0.29) is 17.4 Å². The van der Waals surface area contributed by atoms with Gasteiger partial charge in [-0.25, -0.2) is 9.59 Å². The van der Waals surface area contributed by atoms with E-state index in [4.69, 9.17) is 8.83 Å². The molecule has 1 atom stereocenters. The van der Waals surface area contributed by atoms with E-state index in [1.54, 1.807) is 13.2 Å². The lowest BCUT2D eigenvalue weighted by Crippen LogP contribution is -2.41. The molecular weight excluding hydrogens is 398 g/mol. The summed E-state index contributed by atoms with van der Waals surface area (Å²) in [6, 6.07) is 0.964. The van der Waals surface area contributed by atoms with Gasteiger partial charge in [-0.15, -0.1) is 0 Å². The number of aryl methyl sites for hydroxylation is 2. The van der Waals surface area contributed by atoms with Crippen LogP contribution in [0.15, 0.2) is 26.0 Å². The number of carboxylic acids is 1. The fraction of sp³-hybridized carbons (Fsp3) is 0.458. The summed E-state index contributed by atoms with van der Waals surface area (Å²) in [5.74, 6) is -1.61. The van der Waals surface area contributed by atoms with Crippen molar-refractivity contribution in [2.45, 2.75) is 72.3 Å². The second kappa shape index (κ2) is 8.21. The minimum Gasteiger partial charge on any atom is -0.480 e. The maximum absolute atomic E-state index is 12.7. The fourth-order valence-corrected chi connectivity index (χ4v) is 3.93. The fourth-order valence-electron chi connectivity index (χ4n) is 3.93. The van der Waals surface area contributed by atoms with E-state index in [0.29, 0.717) is 29.6 Å². The standard InChI is InChI=1S/C24H29NO6/c1-7-8-18(22(27)28)25-19(26)10-15-12(2)14-9-16-17(24(4,5)6)11-30-20(16)13(3)21(14)31-23(15)29/h9,11,18H,7-8,10H2,1-6H3,(H,25,26)(H,27,28)/t18-/m0/s1. The highest BCUT2D eigenvalue weighted by Crippen LogP contribution is 2.37. The van der Waals surface area contributed by atoms with Crippen molar-refractivity contribution < 1.29 is 23.5 Å². The Morgan fingerprint density at radius 3 is 2.39 bits per heavy atom. The Hall–Kier alpha value is -3.09. The molecule has 0 unspecified atom stereocenters. The number of nitrogens with one attached hydrogen (secondary N) is 1. The number of carbonyl (C=O) groups is 2. The third kappa shape index (κ3) is 4.22. The van der Waals surface area contributed by atoms with Gasteiger partial charge in [0.25, 0.3) is 0 Å². The molecule has 31 heavy (non-hydrogen) atoms. The van der Waals surface area contributed by atoms with E-state index in [2.05, 4.69) is 26.1 Å². The van der Waals surface area contributed by atoms with Gasteiger partial charge in [0, 0.05) is 21.9 Å². The van der Waals surface area contributed by atoms with Gasteiger partial charge < -0.3 is 19.3 Å². The zero-order valence-corrected chi connectivity index (χ0v) is 18.8. The van der Waals surface area contributed by atoms with Crippen LogP contribution in [-0.4, -0.2) is 23.0 Å². The van der Waals surface area contributed by atoms with Crippen molar-refractivity contribution in [3.8, 4) is 0 Å². The van der Waals surface area contributed by atoms with Crippen LogP contribution in [0.3, 0.4) is 0 Å². The lowest BCUT2D eigenvalue weighted by Gasteiger charge is -2.17. The first-order valence-corrected chi connectivity index (χ1v) is 10.4. The van der Waals surface area contributed by atoms with Crippen LogP contribution in [0, 0.1) is 13.8 Å². The summed E-state index contributed by atoms with van der Waals surface area (Å²) in [7, 11) is 0. The minimum atomic E-state index is -1.09. The maximum atomic E-state index is 12.7. The normalized spacial score (nSPS) is 13.0. The molecule has 0 fully saturated rings. The first-order chi connectivity index (χ1) is 14.5. The van der Waals surface area contributed by atoms with Crippen molar-refractivity contribution in [2.75, 3.05) is 0 Å². The van der Waals surface area contributed by atoms with Crippen molar-refractivity contribution in [3.63, 3.8) is 0 Å². The number of hydrogen-bond acceptors (Lipinski definition) is 5. The molecule has 2 heterocycles. The molecule has 0 aliphatic carbocycles. The molecule has 7 heteroatoms. The van der Waals surface area contributed by atoms with E-state index in [1.807, 2.05) is 19.9 Å². The smallest absolute Gasteiger partial charge is 0.340 e. The number of aliphatic carboxylic acids is 1. The van der Waals surface area contributed by atoms with Gasteiger partial charge in [-0.05, 0) is 37.3 Å². The highest BCUT2D eigenvalue weighted by Gasteiger charge is 2.25. The molecule has 1 amide bonds. The Morgan fingerprint density at radius 2 is 1.81 bits per heavy atom. The third-order valence-corrected chi connectivity index (χ3v) is 5.70. The highest BCUT2D eigenvalue weighted by atomic mass is 16.4. The van der Waals surface area contributed by atoms with Crippen molar-refractivity contribution >= 4 is 33.8 Å². The van der Waals surface area contributed by atoms with Crippen LogP contribution >= 0.6 is 0 Å². The number of rotatable bonds is 6. The van der Waals surface area contributed by atoms with Crippen LogP contribution in [0.4, 0.5) is 0 Å². The first kappa shape index (κ1) is 22.6. The Morgan fingerprint density at radius 1 is 1.13 bits per heavy atom. The van der Waals surface area contributed by atoms with Gasteiger partial charge in [-0.1, -0.05) is 34.1 Å². The van der Waals surface area contributed by atoms with Gasteiger partial charge in [0.1, 0.15) is 17.2 Å². The number of fused-ring (bicyclic) bond motifs is 2. The van der Waals surface area contributed by atoms with Crippen LogP contribution in [0.5, 0.6) is 0 Å². The SMILES string of the molecule is CCC[C@H](NC(=O)Cc1c(C)c2cc3c(C(C)(C)C)coc3c(C)c2oc1=O)C(=O)O. The predicted octanol–water partition coefficient (Wildman–Crippen LogP) is 4.37. The quantitative estimate of drug-likeness (QED) is 0.566. The summed E-state index contributed by atoms with van der Waals surface area (Å²) in [5.41, 5.74) is 3.02. The number of amides is 1. The molecule has 1 aromatic carbocycles. The summed E-state index contributed by atoms with van der Waals surface area (Å²) < 4.78 is 11.4. The van der Waals surface area contributed by atoms with Gasteiger partial charge in [0.15, 0.2) is 0 Å². The summed E-state index contributed by atoms with van der Waals surface area (Å²) in [6.45, 7) is 11.8. The number of carbonyl (C=O) groups excluding carboxylic acids is 1. The van der Waals surface area contributed by atoms with E-state index in [9.17, 15) is 19.5 Å². The zero-order chi connectivity index (χ0) is 23.1. The molecule has 2 aromatic heterocycles. The average molecular weight is 427 g/mol. The highest BCUT2D eigenvalue weighted by molar-refractivity contribution is 6.00. The number of furan rings is 1. The Kier molecular flexibility index (Phi) is 5.98. The molecule has 7 nitrogen and oxygen atoms in total. The van der Waals surface area contributed by atoms with E-state index < -0.39 is 23.5 Å². The topological polar surface area (TPSA) is 110 Å². The van der Waals surface area contributed by atoms with Gasteiger partial charge in [0.05, 0.1) is 18.2 Å². The van der Waals surface area contributed by atoms with Crippen molar-refractivity contribution in [3.05, 3.63) is 45.0 Å². The van der Waals surface area contributed by atoms with Crippen molar-refractivity contribution in [1.29, 1.82) is 0 Å². The second-order valence-corrected chi connectivity index (χ2v) is 9.07. The molecule has 0 aliphatic rings. The molecule has 0 aliphatic heterocycles. The van der Waals surface area contributed by atoms with Crippen molar-refractivity contribution in [2.24, 2.45) is 0 Å². The van der Waals surface area contributed by atoms with Gasteiger partial charge in [-0.3, -0.25) is 4.79 Å². The lowest BCUT2D eigenvalue weighted by atomic mass is 9.86. The summed E-state index contributed by atoms with van der Waals surface area (Å²) in [4.78, 5) is 36.5. The van der Waals surface area contributed by atoms with Crippen LogP contribution < -0.4 is 10.9 Å². The largest absolute Gasteiger partial charge is 0.480 e. The molecule has 2 N–H and O–H groups in total. The van der Waals surface area contributed by atoms with Crippen LogP contribution in [0.1, 0.15) is 62.8 Å². The monoisotopic (exact) mass is 427 g/mol. The molecule has 3 rings (SSSR count). The maximum Gasteiger partial charge on any atom is 0.340 e. The van der Waals surface area contributed by atoms with Crippen LogP contribution in [-0.2, 0) is 21.4 Å². The average Bonchev–Trinajstić information content (AvgIpc) is 3.10. The Labute approximate surface area is 180 Å². The molecule has 3 aromatic rings. The van der Waals surface area contributed by atoms with E-state index in [1.165, 1.54) is 0 Å². The number of carboxylic acid groups (broad SMARTS) is 1. The lowest BCUT2D eigenvalue weighted by molar-refractivity contribution is -0.141. The summed E-state index contributed by atoms with van der Waals surface area (Å²) >= 11 is 0. The molecule has 0 radical (unpaired) electrons. The second-order valence-electron chi connectivity index (χ2n) is 9.07. The first-order valence-electron chi connectivity index (χ1n) is 10.4. The van der Waals surface area contributed by atoms with Crippen LogP contribution in [0.25, 0.3) is 21.9 Å². The molecule has 0 spiro atoms. The van der Waals surface area contributed by atoms with Crippen LogP contribution in [0.2, 0.25) is 0 Å². The molecule has 166 valence electrons. The molecule has 0 bridgehead atoms. The number of hydrogen-bond donors (Lipinski definition) is 2. The summed E-state index contributed by atoms with van der Waals surface area (Å²) in [5, 5.41) is 13.5. The third-order valence-electron chi connectivity index (χ3n) is 5.70. The van der Waals surface area contributed by atoms with E-state index in [0.717, 1.165) is 21.9 Å². The minimum absolute atomic E-state index is 0.136. The van der Waals surface area contributed by atoms with Gasteiger partial charge >= 0.3 is 11.6 Å². The molecular formula is C24H29NO6. The Balaban J connectivity index is 2.09. The number of benzene rings is 1. The van der Waals surface area contributed by atoms with Gasteiger partial charge in [-0.2, -0.15) is 0 Å². The van der Waals surface area contributed by atoms with E-state index >= 15 is 0 Å². The zero-order valence-electron chi connectivity index (χ0n) is 18.8. The van der Waals surface area contributed by atoms with Gasteiger partial charge in [0.2, 0.25) is 5.91 Å². The summed E-state index contributed by atoms with van der Waals surface area (Å²) in [6.07, 6.45) is 2.43. The van der Waals surface area contributed by atoms with Crippen molar-refractivity contribution in [1.82, 2.24) is 5.32 Å².